The molecule has 1 aliphatic heterocycles. The summed E-state index contributed by atoms with van der Waals surface area (Å²) >= 11 is 0. The standard InChI is InChI=1S/C18H20FN3O3S.ClH/c19-16-5-1-2-6-17(16)21-26(24,25)15-9-7-13(8-10-15)18(23)22-11-3-4-14(20)12-22;/h1-2,5-10,14,21H,3-4,11-12,20H2;1H. The first-order valence-corrected chi connectivity index (χ1v) is 9.77. The molecule has 1 saturated heterocycles. The maximum Gasteiger partial charge on any atom is 0.261 e. The average molecular weight is 414 g/mol. The predicted octanol–water partition coefficient (Wildman–Crippen LogP) is 2.61. The molecule has 27 heavy (non-hydrogen) atoms. The van der Waals surface area contributed by atoms with Gasteiger partial charge in [-0.15, -0.1) is 12.4 Å². The maximum absolute atomic E-state index is 13.7. The molecule has 3 N–H and O–H groups in total. The van der Waals surface area contributed by atoms with Crippen LogP contribution in [0.5, 0.6) is 0 Å². The normalized spacial score (nSPS) is 17.1. The number of carbonyl (C=O) groups is 1. The van der Waals surface area contributed by atoms with Gasteiger partial charge in [-0.1, -0.05) is 12.1 Å². The van der Waals surface area contributed by atoms with E-state index in [9.17, 15) is 17.6 Å². The van der Waals surface area contributed by atoms with Crippen LogP contribution in [0.3, 0.4) is 0 Å². The van der Waals surface area contributed by atoms with Crippen molar-refractivity contribution in [3.63, 3.8) is 0 Å². The fraction of sp³-hybridized carbons (Fsp3) is 0.278. The highest BCUT2D eigenvalue weighted by molar-refractivity contribution is 7.92. The van der Waals surface area contributed by atoms with E-state index in [1.54, 1.807) is 4.90 Å². The SMILES string of the molecule is Cl.NC1CCCN(C(=O)c2ccc(S(=O)(=O)Nc3ccccc3F)cc2)C1. The Morgan fingerprint density at radius 2 is 1.81 bits per heavy atom. The van der Waals surface area contributed by atoms with E-state index in [-0.39, 0.29) is 34.9 Å². The number of sulfonamides is 1. The molecule has 0 radical (unpaired) electrons. The van der Waals surface area contributed by atoms with Crippen LogP contribution >= 0.6 is 12.4 Å². The van der Waals surface area contributed by atoms with Crippen molar-refractivity contribution in [3.8, 4) is 0 Å². The zero-order valence-electron chi connectivity index (χ0n) is 14.5. The van der Waals surface area contributed by atoms with Crippen LogP contribution in [0.4, 0.5) is 10.1 Å². The molecule has 0 saturated carbocycles. The smallest absolute Gasteiger partial charge is 0.261 e. The van der Waals surface area contributed by atoms with Crippen molar-refractivity contribution < 1.29 is 17.6 Å². The van der Waals surface area contributed by atoms with Gasteiger partial charge in [0.15, 0.2) is 0 Å². The molecule has 1 amide bonds. The number of likely N-dealkylation sites (tertiary alicyclic amines) is 1. The quantitative estimate of drug-likeness (QED) is 0.805. The molecule has 1 unspecified atom stereocenters. The Bertz CT molecular complexity index is 906. The van der Waals surface area contributed by atoms with Gasteiger partial charge in [0.05, 0.1) is 10.6 Å². The van der Waals surface area contributed by atoms with E-state index in [1.807, 2.05) is 0 Å². The summed E-state index contributed by atoms with van der Waals surface area (Å²) in [4.78, 5) is 14.1. The van der Waals surface area contributed by atoms with Gasteiger partial charge in [-0.3, -0.25) is 9.52 Å². The number of hydrogen-bond acceptors (Lipinski definition) is 4. The van der Waals surface area contributed by atoms with Crippen molar-refractivity contribution in [3.05, 3.63) is 59.9 Å². The number of rotatable bonds is 4. The van der Waals surface area contributed by atoms with Crippen LogP contribution in [0, 0.1) is 5.82 Å². The lowest BCUT2D eigenvalue weighted by Crippen LogP contribution is -2.45. The number of nitrogens with one attached hydrogen (secondary N) is 1. The third-order valence-corrected chi connectivity index (χ3v) is 5.66. The van der Waals surface area contributed by atoms with Crippen molar-refractivity contribution in [2.75, 3.05) is 17.8 Å². The van der Waals surface area contributed by atoms with Crippen LogP contribution in [-0.2, 0) is 10.0 Å². The fourth-order valence-electron chi connectivity index (χ4n) is 2.90. The van der Waals surface area contributed by atoms with Gasteiger partial charge < -0.3 is 10.6 Å². The largest absolute Gasteiger partial charge is 0.337 e. The molecular formula is C18H21ClFN3O3S. The summed E-state index contributed by atoms with van der Waals surface area (Å²) in [5, 5.41) is 0. The van der Waals surface area contributed by atoms with Gasteiger partial charge in [-0.25, -0.2) is 12.8 Å². The summed E-state index contributed by atoms with van der Waals surface area (Å²) in [7, 11) is -3.95. The van der Waals surface area contributed by atoms with Crippen molar-refractivity contribution in [2.45, 2.75) is 23.8 Å². The first-order valence-electron chi connectivity index (χ1n) is 8.29. The molecule has 0 aromatic heterocycles. The molecular weight excluding hydrogens is 393 g/mol. The Morgan fingerprint density at radius 3 is 2.44 bits per heavy atom. The Labute approximate surface area is 164 Å². The highest BCUT2D eigenvalue weighted by Crippen LogP contribution is 2.20. The fourth-order valence-corrected chi connectivity index (χ4v) is 3.97. The van der Waals surface area contributed by atoms with E-state index in [1.165, 1.54) is 48.5 Å². The molecule has 0 aliphatic carbocycles. The topological polar surface area (TPSA) is 92.5 Å². The van der Waals surface area contributed by atoms with Crippen molar-refractivity contribution >= 4 is 34.0 Å². The van der Waals surface area contributed by atoms with Gasteiger partial charge in [-0.05, 0) is 49.2 Å². The summed E-state index contributed by atoms with van der Waals surface area (Å²) in [6.45, 7) is 1.13. The average Bonchev–Trinajstić information content (AvgIpc) is 2.63. The van der Waals surface area contributed by atoms with Crippen LogP contribution in [0.1, 0.15) is 23.2 Å². The van der Waals surface area contributed by atoms with Crippen LogP contribution in [0.15, 0.2) is 53.4 Å². The van der Waals surface area contributed by atoms with Gasteiger partial charge in [0.25, 0.3) is 15.9 Å². The van der Waals surface area contributed by atoms with Crippen molar-refractivity contribution in [2.24, 2.45) is 5.73 Å². The summed E-state index contributed by atoms with van der Waals surface area (Å²) in [6, 6.07) is 11.1. The molecule has 9 heteroatoms. The number of nitrogens with zero attached hydrogens (tertiary/aromatic N) is 1. The first-order chi connectivity index (χ1) is 12.4. The zero-order chi connectivity index (χ0) is 18.7. The lowest BCUT2D eigenvalue weighted by atomic mass is 10.1. The number of piperidine rings is 1. The van der Waals surface area contributed by atoms with Crippen LogP contribution < -0.4 is 10.5 Å². The molecule has 1 aliphatic rings. The number of anilines is 1. The zero-order valence-corrected chi connectivity index (χ0v) is 16.1. The number of para-hydroxylation sites is 1. The Morgan fingerprint density at radius 1 is 1.15 bits per heavy atom. The summed E-state index contributed by atoms with van der Waals surface area (Å²) in [5.74, 6) is -0.838. The van der Waals surface area contributed by atoms with E-state index in [4.69, 9.17) is 5.73 Å². The lowest BCUT2D eigenvalue weighted by molar-refractivity contribution is 0.0708. The third kappa shape index (κ3) is 4.97. The van der Waals surface area contributed by atoms with E-state index in [2.05, 4.69) is 4.72 Å². The molecule has 3 rings (SSSR count). The van der Waals surface area contributed by atoms with Crippen LogP contribution in [-0.4, -0.2) is 38.4 Å². The molecule has 2 aromatic carbocycles. The first kappa shape index (κ1) is 21.1. The van der Waals surface area contributed by atoms with Crippen LogP contribution in [0.2, 0.25) is 0 Å². The van der Waals surface area contributed by atoms with Crippen molar-refractivity contribution in [1.82, 2.24) is 4.90 Å². The molecule has 146 valence electrons. The highest BCUT2D eigenvalue weighted by atomic mass is 35.5. The number of halogens is 2. The van der Waals surface area contributed by atoms with Gasteiger partial charge in [0.1, 0.15) is 5.82 Å². The van der Waals surface area contributed by atoms with Crippen molar-refractivity contribution in [1.29, 1.82) is 0 Å². The Balaban J connectivity index is 0.00000261. The summed E-state index contributed by atoms with van der Waals surface area (Å²) in [6.07, 6.45) is 1.74. The molecule has 0 spiro atoms. The third-order valence-electron chi connectivity index (χ3n) is 4.27. The number of hydrogen-bond donors (Lipinski definition) is 2. The second-order valence-corrected chi connectivity index (χ2v) is 7.95. The number of carbonyl (C=O) groups excluding carboxylic acids is 1. The molecule has 6 nitrogen and oxygen atoms in total. The summed E-state index contributed by atoms with van der Waals surface area (Å²) < 4.78 is 40.6. The van der Waals surface area contributed by atoms with Crippen LogP contribution in [0.25, 0.3) is 0 Å². The number of benzene rings is 2. The molecule has 1 atom stereocenters. The number of nitrogens with two attached hydrogens (primary N) is 1. The molecule has 2 aromatic rings. The Hall–Kier alpha value is -2.16. The van der Waals surface area contributed by atoms with E-state index >= 15 is 0 Å². The minimum Gasteiger partial charge on any atom is -0.337 e. The maximum atomic E-state index is 13.7. The van der Waals surface area contributed by atoms with Gasteiger partial charge in [-0.2, -0.15) is 0 Å². The monoisotopic (exact) mass is 413 g/mol. The molecule has 1 heterocycles. The molecule has 1 fully saturated rings. The van der Waals surface area contributed by atoms with E-state index in [0.29, 0.717) is 18.7 Å². The van der Waals surface area contributed by atoms with E-state index < -0.39 is 15.8 Å². The van der Waals surface area contributed by atoms with Gasteiger partial charge >= 0.3 is 0 Å². The predicted molar refractivity (Wildman–Crippen MR) is 104 cm³/mol. The minimum atomic E-state index is -3.95. The minimum absolute atomic E-state index is 0. The summed E-state index contributed by atoms with van der Waals surface area (Å²) in [5.41, 5.74) is 6.16. The molecule has 0 bridgehead atoms. The lowest BCUT2D eigenvalue weighted by Gasteiger charge is -2.30. The number of amides is 1. The van der Waals surface area contributed by atoms with Gasteiger partial charge in [0, 0.05) is 24.7 Å². The Kier molecular flexibility index (Phi) is 6.80. The second kappa shape index (κ2) is 8.69. The highest BCUT2D eigenvalue weighted by Gasteiger charge is 2.23. The van der Waals surface area contributed by atoms with Gasteiger partial charge in [0.2, 0.25) is 0 Å². The second-order valence-electron chi connectivity index (χ2n) is 6.26. The van der Waals surface area contributed by atoms with E-state index in [0.717, 1.165) is 12.8 Å².